The van der Waals surface area contributed by atoms with E-state index in [0.717, 1.165) is 46.3 Å². The van der Waals surface area contributed by atoms with E-state index in [9.17, 15) is 9.50 Å². The van der Waals surface area contributed by atoms with Crippen LogP contribution in [0.25, 0.3) is 0 Å². The first-order chi connectivity index (χ1) is 14.4. The number of piperazine rings is 1. The number of rotatable bonds is 5. The molecule has 0 radical (unpaired) electrons. The zero-order chi connectivity index (χ0) is 21.1. The molecule has 3 aromatic carbocycles. The Balaban J connectivity index is 1.71. The topological polar surface area (TPSA) is 35.5 Å². The van der Waals surface area contributed by atoms with E-state index in [1.165, 1.54) is 17.7 Å². The van der Waals surface area contributed by atoms with Gasteiger partial charge in [0.05, 0.1) is 5.54 Å². The number of phenolic OH excluding ortho intramolecular Hbond substituents is 1. The number of phenols is 1. The monoisotopic (exact) mass is 532 g/mol. The van der Waals surface area contributed by atoms with Gasteiger partial charge in [0.1, 0.15) is 11.6 Å². The molecule has 0 saturated carbocycles. The normalized spacial score (nSPS) is 19.7. The van der Waals surface area contributed by atoms with Gasteiger partial charge in [0.15, 0.2) is 0 Å². The molecule has 0 bridgehead atoms. The molecule has 1 aliphatic heterocycles. The number of halogens is 3. The summed E-state index contributed by atoms with van der Waals surface area (Å²) in [7, 11) is 0. The van der Waals surface area contributed by atoms with Gasteiger partial charge in [-0.2, -0.15) is 0 Å². The van der Waals surface area contributed by atoms with Crippen molar-refractivity contribution in [3.8, 4) is 5.75 Å². The van der Waals surface area contributed by atoms with Crippen molar-refractivity contribution in [3.63, 3.8) is 0 Å². The summed E-state index contributed by atoms with van der Waals surface area (Å²) in [5.41, 5.74) is 2.86. The minimum Gasteiger partial charge on any atom is -0.508 e. The zero-order valence-corrected chi connectivity index (χ0v) is 19.6. The number of hydrogen-bond donors (Lipinski definition) is 2. The van der Waals surface area contributed by atoms with Crippen LogP contribution >= 0.6 is 31.9 Å². The molecular formula is C24H23Br2FN2O. The minimum absolute atomic E-state index is 0.242. The van der Waals surface area contributed by atoms with Crippen LogP contribution in [0.3, 0.4) is 0 Å². The Morgan fingerprint density at radius 3 is 2.43 bits per heavy atom. The van der Waals surface area contributed by atoms with E-state index in [2.05, 4.69) is 66.3 Å². The standard InChI is InChI=1S/C24H23Br2FN2O/c25-22-12-19(27)13-23(26)21(22)14-24(18-7-4-8-20(30)11-18)16-29(10-9-28-24)15-17-5-2-1-3-6-17/h1-8,11-13,28,30H,9-10,14-16H2. The van der Waals surface area contributed by atoms with Crippen LogP contribution in [-0.4, -0.2) is 29.6 Å². The Hall–Kier alpha value is -1.73. The van der Waals surface area contributed by atoms with Gasteiger partial charge in [0, 0.05) is 35.1 Å². The number of aromatic hydroxyl groups is 1. The SMILES string of the molecule is Oc1cccc(C2(Cc3c(Br)cc(F)cc3Br)CN(Cc3ccccc3)CCN2)c1. The van der Waals surface area contributed by atoms with Crippen molar-refractivity contribution < 1.29 is 9.50 Å². The van der Waals surface area contributed by atoms with Gasteiger partial charge in [0.25, 0.3) is 0 Å². The predicted molar refractivity (Wildman–Crippen MR) is 125 cm³/mol. The summed E-state index contributed by atoms with van der Waals surface area (Å²) in [6, 6.07) is 20.9. The largest absolute Gasteiger partial charge is 0.508 e. The summed E-state index contributed by atoms with van der Waals surface area (Å²) in [5, 5.41) is 13.9. The van der Waals surface area contributed by atoms with Crippen LogP contribution in [0.4, 0.5) is 4.39 Å². The van der Waals surface area contributed by atoms with Crippen molar-refractivity contribution in [1.29, 1.82) is 0 Å². The average Bonchev–Trinajstić information content (AvgIpc) is 2.72. The van der Waals surface area contributed by atoms with Crippen LogP contribution < -0.4 is 5.32 Å². The molecule has 6 heteroatoms. The lowest BCUT2D eigenvalue weighted by Crippen LogP contribution is -2.59. The fourth-order valence-corrected chi connectivity index (χ4v) is 5.62. The molecule has 1 atom stereocenters. The molecule has 3 aromatic rings. The van der Waals surface area contributed by atoms with Crippen molar-refractivity contribution in [2.24, 2.45) is 0 Å². The lowest BCUT2D eigenvalue weighted by atomic mass is 9.81. The van der Waals surface area contributed by atoms with E-state index in [1.807, 2.05) is 24.3 Å². The van der Waals surface area contributed by atoms with Crippen molar-refractivity contribution in [3.05, 3.63) is 98.2 Å². The molecule has 0 amide bonds. The Labute approximate surface area is 193 Å². The Morgan fingerprint density at radius 1 is 1.00 bits per heavy atom. The first-order valence-corrected chi connectivity index (χ1v) is 11.5. The van der Waals surface area contributed by atoms with Crippen LogP contribution in [0.15, 0.2) is 75.7 Å². The quantitative estimate of drug-likeness (QED) is 0.448. The summed E-state index contributed by atoms with van der Waals surface area (Å²) in [5.74, 6) is -0.0442. The number of benzene rings is 3. The molecule has 1 heterocycles. The van der Waals surface area contributed by atoms with Crippen LogP contribution in [0.1, 0.15) is 16.7 Å². The van der Waals surface area contributed by atoms with Crippen molar-refractivity contribution in [2.45, 2.75) is 18.5 Å². The first-order valence-electron chi connectivity index (χ1n) is 9.89. The highest BCUT2D eigenvalue weighted by atomic mass is 79.9. The summed E-state index contributed by atoms with van der Waals surface area (Å²) in [4.78, 5) is 2.43. The molecule has 1 fully saturated rings. The highest BCUT2D eigenvalue weighted by Gasteiger charge is 2.38. The number of nitrogens with zero attached hydrogens (tertiary/aromatic N) is 1. The molecule has 0 aromatic heterocycles. The molecular weight excluding hydrogens is 511 g/mol. The van der Waals surface area contributed by atoms with E-state index in [4.69, 9.17) is 0 Å². The molecule has 2 N–H and O–H groups in total. The molecule has 1 aliphatic rings. The lowest BCUT2D eigenvalue weighted by Gasteiger charge is -2.45. The zero-order valence-electron chi connectivity index (χ0n) is 16.4. The van der Waals surface area contributed by atoms with Gasteiger partial charge in [-0.15, -0.1) is 0 Å². The molecule has 1 unspecified atom stereocenters. The van der Waals surface area contributed by atoms with Crippen LogP contribution in [0.5, 0.6) is 5.75 Å². The maximum atomic E-state index is 13.8. The third-order valence-corrected chi connectivity index (χ3v) is 7.03. The van der Waals surface area contributed by atoms with E-state index < -0.39 is 5.54 Å². The Morgan fingerprint density at radius 2 is 1.73 bits per heavy atom. The van der Waals surface area contributed by atoms with E-state index >= 15 is 0 Å². The predicted octanol–water partition coefficient (Wildman–Crippen LogP) is 5.60. The molecule has 30 heavy (non-hydrogen) atoms. The summed E-state index contributed by atoms with van der Waals surface area (Å²) in [6.07, 6.45) is 0.642. The maximum absolute atomic E-state index is 13.8. The van der Waals surface area contributed by atoms with Gasteiger partial charge in [0.2, 0.25) is 0 Å². The van der Waals surface area contributed by atoms with E-state index in [-0.39, 0.29) is 11.6 Å². The van der Waals surface area contributed by atoms with E-state index in [0.29, 0.717) is 6.42 Å². The van der Waals surface area contributed by atoms with Gasteiger partial charge < -0.3 is 10.4 Å². The lowest BCUT2D eigenvalue weighted by molar-refractivity contribution is 0.123. The maximum Gasteiger partial charge on any atom is 0.125 e. The fourth-order valence-electron chi connectivity index (χ4n) is 4.21. The first kappa shape index (κ1) is 21.5. The van der Waals surface area contributed by atoms with Crippen molar-refractivity contribution >= 4 is 31.9 Å². The molecule has 0 spiro atoms. The third-order valence-electron chi connectivity index (χ3n) is 5.62. The highest BCUT2D eigenvalue weighted by molar-refractivity contribution is 9.11. The summed E-state index contributed by atoms with van der Waals surface area (Å²) in [6.45, 7) is 3.37. The highest BCUT2D eigenvalue weighted by Crippen LogP contribution is 2.37. The molecule has 3 nitrogen and oxygen atoms in total. The van der Waals surface area contributed by atoms with Gasteiger partial charge in [-0.25, -0.2) is 4.39 Å². The second-order valence-electron chi connectivity index (χ2n) is 7.78. The second kappa shape index (κ2) is 9.18. The molecule has 0 aliphatic carbocycles. The summed E-state index contributed by atoms with van der Waals surface area (Å²) < 4.78 is 15.3. The summed E-state index contributed by atoms with van der Waals surface area (Å²) >= 11 is 7.09. The molecule has 1 saturated heterocycles. The van der Waals surface area contributed by atoms with E-state index in [1.54, 1.807) is 6.07 Å². The third kappa shape index (κ3) is 4.78. The van der Waals surface area contributed by atoms with Gasteiger partial charge in [-0.1, -0.05) is 74.3 Å². The average molecular weight is 534 g/mol. The number of nitrogens with one attached hydrogen (secondary N) is 1. The van der Waals surface area contributed by atoms with Gasteiger partial charge >= 0.3 is 0 Å². The Bertz CT molecular complexity index is 1010. The van der Waals surface area contributed by atoms with Gasteiger partial charge in [-0.05, 0) is 47.4 Å². The minimum atomic E-state index is -0.422. The molecule has 4 rings (SSSR count). The fraction of sp³-hybridized carbons (Fsp3) is 0.250. The Kier molecular flexibility index (Phi) is 6.58. The van der Waals surface area contributed by atoms with Crippen LogP contribution in [-0.2, 0) is 18.5 Å². The van der Waals surface area contributed by atoms with Crippen LogP contribution in [0, 0.1) is 5.82 Å². The van der Waals surface area contributed by atoms with Crippen molar-refractivity contribution in [1.82, 2.24) is 10.2 Å². The molecule has 156 valence electrons. The van der Waals surface area contributed by atoms with Crippen molar-refractivity contribution in [2.75, 3.05) is 19.6 Å². The number of hydrogen-bond acceptors (Lipinski definition) is 3. The van der Waals surface area contributed by atoms with Gasteiger partial charge in [-0.3, -0.25) is 4.90 Å². The second-order valence-corrected chi connectivity index (χ2v) is 9.49. The smallest absolute Gasteiger partial charge is 0.125 e. The van der Waals surface area contributed by atoms with Crippen LogP contribution in [0.2, 0.25) is 0 Å².